The van der Waals surface area contributed by atoms with Gasteiger partial charge >= 0.3 is 0 Å². The van der Waals surface area contributed by atoms with Gasteiger partial charge in [0.05, 0.1) is 12.4 Å². The van der Waals surface area contributed by atoms with E-state index in [2.05, 4.69) is 4.72 Å². The molecule has 5 nitrogen and oxygen atoms in total. The smallest absolute Gasteiger partial charge is 0.229 e. The van der Waals surface area contributed by atoms with Gasteiger partial charge in [-0.05, 0) is 18.2 Å². The number of hydrogen-bond donors (Lipinski definition) is 3. The van der Waals surface area contributed by atoms with Gasteiger partial charge in [-0.2, -0.15) is 0 Å². The van der Waals surface area contributed by atoms with Gasteiger partial charge in [0.1, 0.15) is 5.82 Å². The first-order valence-electron chi connectivity index (χ1n) is 4.49. The van der Waals surface area contributed by atoms with Gasteiger partial charge in [0.2, 0.25) is 10.0 Å². The molecular weight excluding hydrogens is 271 g/mol. The predicted octanol–water partition coefficient (Wildman–Crippen LogP) is 0.611. The van der Waals surface area contributed by atoms with Crippen molar-refractivity contribution in [2.45, 2.75) is 6.10 Å². The molecule has 1 rings (SSSR count). The summed E-state index contributed by atoms with van der Waals surface area (Å²) >= 11 is 0. The van der Waals surface area contributed by atoms with Crippen LogP contribution in [0.2, 0.25) is 0 Å². The lowest BCUT2D eigenvalue weighted by atomic mass is 10.1. The third-order valence-electron chi connectivity index (χ3n) is 1.88. The van der Waals surface area contributed by atoms with Gasteiger partial charge in [-0.25, -0.2) is 12.8 Å². The molecule has 0 aliphatic heterocycles. The highest BCUT2D eigenvalue weighted by atomic mass is 35.5. The Morgan fingerprint density at radius 3 is 2.59 bits per heavy atom. The van der Waals surface area contributed by atoms with Crippen molar-refractivity contribution in [3.8, 4) is 0 Å². The second-order valence-electron chi connectivity index (χ2n) is 3.36. The van der Waals surface area contributed by atoms with Crippen LogP contribution in [0.3, 0.4) is 0 Å². The number of halogens is 2. The van der Waals surface area contributed by atoms with Crippen LogP contribution in [0.5, 0.6) is 0 Å². The summed E-state index contributed by atoms with van der Waals surface area (Å²) in [5.41, 5.74) is 5.35. The van der Waals surface area contributed by atoms with Crippen LogP contribution in [0.25, 0.3) is 0 Å². The lowest BCUT2D eigenvalue weighted by Gasteiger charge is -2.11. The summed E-state index contributed by atoms with van der Waals surface area (Å²) in [4.78, 5) is 0. The van der Waals surface area contributed by atoms with Crippen molar-refractivity contribution >= 4 is 28.1 Å². The van der Waals surface area contributed by atoms with E-state index in [1.54, 1.807) is 0 Å². The summed E-state index contributed by atoms with van der Waals surface area (Å²) in [6.45, 7) is -0.140. The molecule has 0 saturated carbocycles. The van der Waals surface area contributed by atoms with Crippen LogP contribution in [0.1, 0.15) is 11.7 Å². The molecular formula is C9H14ClFN2O3S. The predicted molar refractivity (Wildman–Crippen MR) is 66.1 cm³/mol. The fourth-order valence-corrected chi connectivity index (χ4v) is 1.76. The highest BCUT2D eigenvalue weighted by Crippen LogP contribution is 2.21. The van der Waals surface area contributed by atoms with Gasteiger partial charge in [-0.15, -0.1) is 12.4 Å². The maximum Gasteiger partial charge on any atom is 0.229 e. The Hall–Kier alpha value is -0.890. The van der Waals surface area contributed by atoms with Gasteiger partial charge < -0.3 is 10.8 Å². The van der Waals surface area contributed by atoms with Crippen LogP contribution in [0.15, 0.2) is 18.2 Å². The number of aliphatic hydroxyl groups is 1. The van der Waals surface area contributed by atoms with E-state index in [4.69, 9.17) is 5.73 Å². The minimum absolute atomic E-state index is 0. The third kappa shape index (κ3) is 4.86. The standard InChI is InChI=1S/C9H13FN2O3S.ClH/c1-16(14,15)12-6-2-3-8(10)7(4-6)9(13)5-11;/h2-4,9,12-13H,5,11H2,1H3;1H/t9-;/m1./s1. The summed E-state index contributed by atoms with van der Waals surface area (Å²) in [6, 6.07) is 3.55. The molecule has 0 radical (unpaired) electrons. The molecule has 0 saturated heterocycles. The number of rotatable bonds is 4. The lowest BCUT2D eigenvalue weighted by Crippen LogP contribution is -2.14. The number of anilines is 1. The molecule has 0 aliphatic carbocycles. The van der Waals surface area contributed by atoms with Crippen molar-refractivity contribution in [1.82, 2.24) is 0 Å². The average Bonchev–Trinajstić information content (AvgIpc) is 2.18. The molecule has 4 N–H and O–H groups in total. The maximum atomic E-state index is 13.2. The van der Waals surface area contributed by atoms with E-state index >= 15 is 0 Å². The number of nitrogens with one attached hydrogen (secondary N) is 1. The molecule has 1 aromatic rings. The van der Waals surface area contributed by atoms with Crippen LogP contribution in [-0.4, -0.2) is 26.3 Å². The molecule has 0 aliphatic rings. The zero-order chi connectivity index (χ0) is 12.3. The highest BCUT2D eigenvalue weighted by Gasteiger charge is 2.13. The van der Waals surface area contributed by atoms with Crippen molar-refractivity contribution in [2.75, 3.05) is 17.5 Å². The van der Waals surface area contributed by atoms with Crippen molar-refractivity contribution in [3.63, 3.8) is 0 Å². The molecule has 1 aromatic carbocycles. The number of benzene rings is 1. The minimum atomic E-state index is -3.42. The van der Waals surface area contributed by atoms with E-state index in [0.717, 1.165) is 12.3 Å². The van der Waals surface area contributed by atoms with Crippen LogP contribution in [0, 0.1) is 5.82 Å². The second kappa shape index (κ2) is 6.15. The number of aliphatic hydroxyl groups excluding tert-OH is 1. The van der Waals surface area contributed by atoms with E-state index in [9.17, 15) is 17.9 Å². The minimum Gasteiger partial charge on any atom is -0.387 e. The topological polar surface area (TPSA) is 92.4 Å². The lowest BCUT2D eigenvalue weighted by molar-refractivity contribution is 0.182. The van der Waals surface area contributed by atoms with Gasteiger partial charge in [0, 0.05) is 17.8 Å². The molecule has 8 heteroatoms. The Labute approximate surface area is 105 Å². The van der Waals surface area contributed by atoms with E-state index < -0.39 is 21.9 Å². The summed E-state index contributed by atoms with van der Waals surface area (Å²) in [5.74, 6) is -0.628. The second-order valence-corrected chi connectivity index (χ2v) is 5.11. The molecule has 98 valence electrons. The number of hydrogen-bond acceptors (Lipinski definition) is 4. The number of nitrogens with two attached hydrogens (primary N) is 1. The Morgan fingerprint density at radius 1 is 1.53 bits per heavy atom. The van der Waals surface area contributed by atoms with Crippen LogP contribution in [-0.2, 0) is 10.0 Å². The summed E-state index contributed by atoms with van der Waals surface area (Å²) < 4.78 is 37.3. The van der Waals surface area contributed by atoms with Crippen LogP contribution >= 0.6 is 12.4 Å². The quantitative estimate of drug-likeness (QED) is 0.755. The van der Waals surface area contributed by atoms with Crippen molar-refractivity contribution < 1.29 is 17.9 Å². The van der Waals surface area contributed by atoms with Gasteiger partial charge in [0.25, 0.3) is 0 Å². The van der Waals surface area contributed by atoms with E-state index in [-0.39, 0.29) is 30.2 Å². The Balaban J connectivity index is 0.00000256. The van der Waals surface area contributed by atoms with E-state index in [0.29, 0.717) is 0 Å². The van der Waals surface area contributed by atoms with Crippen molar-refractivity contribution in [3.05, 3.63) is 29.6 Å². The first-order valence-corrected chi connectivity index (χ1v) is 6.38. The molecule has 0 unspecified atom stereocenters. The normalized spacial score (nSPS) is 12.7. The molecule has 0 aromatic heterocycles. The largest absolute Gasteiger partial charge is 0.387 e. The molecule has 0 heterocycles. The first-order chi connectivity index (χ1) is 7.33. The summed E-state index contributed by atoms with van der Waals surface area (Å²) in [6.07, 6.45) is -0.170. The highest BCUT2D eigenvalue weighted by molar-refractivity contribution is 7.92. The van der Waals surface area contributed by atoms with Crippen molar-refractivity contribution in [2.24, 2.45) is 5.73 Å². The summed E-state index contributed by atoms with van der Waals surface area (Å²) in [5, 5.41) is 9.39. The first kappa shape index (κ1) is 16.1. The third-order valence-corrected chi connectivity index (χ3v) is 2.49. The Kier molecular flexibility index (Phi) is 5.83. The molecule has 0 fully saturated rings. The van der Waals surface area contributed by atoms with Crippen LogP contribution in [0.4, 0.5) is 10.1 Å². The van der Waals surface area contributed by atoms with E-state index in [1.165, 1.54) is 12.1 Å². The fourth-order valence-electron chi connectivity index (χ4n) is 1.20. The molecule has 17 heavy (non-hydrogen) atoms. The van der Waals surface area contributed by atoms with Crippen molar-refractivity contribution in [1.29, 1.82) is 0 Å². The number of sulfonamides is 1. The fraction of sp³-hybridized carbons (Fsp3) is 0.333. The summed E-state index contributed by atoms with van der Waals surface area (Å²) in [7, 11) is -3.42. The Morgan fingerprint density at radius 2 is 2.12 bits per heavy atom. The average molecular weight is 285 g/mol. The SMILES string of the molecule is CS(=O)(=O)Nc1ccc(F)c([C@H](O)CN)c1.Cl. The monoisotopic (exact) mass is 284 g/mol. The van der Waals surface area contributed by atoms with E-state index in [1.807, 2.05) is 0 Å². The van der Waals surface area contributed by atoms with Gasteiger partial charge in [0.15, 0.2) is 0 Å². The van der Waals surface area contributed by atoms with Gasteiger partial charge in [-0.3, -0.25) is 4.72 Å². The molecule has 0 spiro atoms. The molecule has 0 amide bonds. The van der Waals surface area contributed by atoms with Crippen LogP contribution < -0.4 is 10.5 Å². The van der Waals surface area contributed by atoms with Gasteiger partial charge in [-0.1, -0.05) is 0 Å². The molecule has 1 atom stereocenters. The zero-order valence-electron chi connectivity index (χ0n) is 9.05. The molecule has 0 bridgehead atoms. The Bertz CT molecular complexity index is 481. The zero-order valence-corrected chi connectivity index (χ0v) is 10.7. The maximum absolute atomic E-state index is 13.2.